The van der Waals surface area contributed by atoms with Gasteiger partial charge in [-0.05, 0) is 0 Å². The molecule has 0 radical (unpaired) electrons. The van der Waals surface area contributed by atoms with Crippen molar-refractivity contribution in [2.45, 2.75) is 12.1 Å². The molecule has 1 unspecified atom stereocenters. The molecular weight excluding hydrogens is 188 g/mol. The Kier molecular flexibility index (Phi) is 2.72. The van der Waals surface area contributed by atoms with Gasteiger partial charge >= 0.3 is 0 Å². The van der Waals surface area contributed by atoms with Crippen LogP contribution in [0.2, 0.25) is 0 Å². The Morgan fingerprint density at radius 1 is 1.69 bits per heavy atom. The van der Waals surface area contributed by atoms with Gasteiger partial charge in [-0.25, -0.2) is 0 Å². The maximum atomic E-state index is 5.30. The molecule has 1 fully saturated rings. The normalized spacial score (nSPS) is 27.8. The number of methoxy groups -OCH3 is 1. The third kappa shape index (κ3) is 1.96. The highest BCUT2D eigenvalue weighted by Gasteiger charge is 2.27. The van der Waals surface area contributed by atoms with Crippen molar-refractivity contribution in [3.05, 3.63) is 5.51 Å². The fourth-order valence-corrected chi connectivity index (χ4v) is 1.95. The van der Waals surface area contributed by atoms with Gasteiger partial charge in [0.1, 0.15) is 5.51 Å². The summed E-state index contributed by atoms with van der Waals surface area (Å²) < 4.78 is 5.30. The van der Waals surface area contributed by atoms with Gasteiger partial charge in [-0.3, -0.25) is 0 Å². The van der Waals surface area contributed by atoms with E-state index in [-0.39, 0.29) is 6.10 Å². The van der Waals surface area contributed by atoms with Gasteiger partial charge in [-0.1, -0.05) is 11.3 Å². The summed E-state index contributed by atoms with van der Waals surface area (Å²) in [6.07, 6.45) is 0.226. The molecule has 0 spiro atoms. The van der Waals surface area contributed by atoms with Crippen LogP contribution < -0.4 is 10.6 Å². The number of nitrogens with zero attached hydrogens (tertiary/aromatic N) is 2. The molecule has 0 saturated carbocycles. The lowest BCUT2D eigenvalue weighted by Gasteiger charge is -2.17. The van der Waals surface area contributed by atoms with E-state index in [1.54, 1.807) is 12.6 Å². The lowest BCUT2D eigenvalue weighted by atomic mass is 10.2. The minimum Gasteiger partial charge on any atom is -0.378 e. The van der Waals surface area contributed by atoms with Crippen molar-refractivity contribution in [2.24, 2.45) is 0 Å². The molecular formula is C7H12N4OS. The van der Waals surface area contributed by atoms with Gasteiger partial charge in [0.2, 0.25) is 5.13 Å². The third-order valence-electron chi connectivity index (χ3n) is 2.13. The van der Waals surface area contributed by atoms with Crippen molar-refractivity contribution in [3.8, 4) is 0 Å². The second-order valence-electron chi connectivity index (χ2n) is 2.93. The van der Waals surface area contributed by atoms with E-state index >= 15 is 0 Å². The highest BCUT2D eigenvalue weighted by molar-refractivity contribution is 7.13. The second kappa shape index (κ2) is 3.99. The van der Waals surface area contributed by atoms with Crippen LogP contribution in [-0.4, -0.2) is 42.5 Å². The Hall–Kier alpha value is -0.720. The minimum atomic E-state index is 0.226. The van der Waals surface area contributed by atoms with Crippen molar-refractivity contribution in [1.82, 2.24) is 15.5 Å². The number of hydrogen-bond donors (Lipinski definition) is 2. The number of rotatable bonds is 3. The summed E-state index contributed by atoms with van der Waals surface area (Å²) in [6, 6.07) is 0.304. The molecule has 0 amide bonds. The highest BCUT2D eigenvalue weighted by Crippen LogP contribution is 2.14. The first-order valence-electron chi connectivity index (χ1n) is 4.16. The van der Waals surface area contributed by atoms with Crippen LogP contribution in [0.15, 0.2) is 5.51 Å². The number of aromatic nitrogens is 2. The van der Waals surface area contributed by atoms with Gasteiger partial charge in [0.15, 0.2) is 0 Å². The minimum absolute atomic E-state index is 0.226. The van der Waals surface area contributed by atoms with Crippen LogP contribution in [0, 0.1) is 0 Å². The van der Waals surface area contributed by atoms with E-state index in [0.29, 0.717) is 6.04 Å². The van der Waals surface area contributed by atoms with E-state index < -0.39 is 0 Å². The zero-order valence-electron chi connectivity index (χ0n) is 7.36. The molecule has 5 nitrogen and oxygen atoms in total. The summed E-state index contributed by atoms with van der Waals surface area (Å²) in [5.74, 6) is 0. The quantitative estimate of drug-likeness (QED) is 0.715. The molecule has 0 aliphatic carbocycles. The topological polar surface area (TPSA) is 59.1 Å². The van der Waals surface area contributed by atoms with E-state index in [0.717, 1.165) is 18.2 Å². The molecule has 2 atom stereocenters. The van der Waals surface area contributed by atoms with Crippen LogP contribution in [0.5, 0.6) is 0 Å². The predicted molar refractivity (Wildman–Crippen MR) is 51.0 cm³/mol. The lowest BCUT2D eigenvalue weighted by Crippen LogP contribution is -2.33. The summed E-state index contributed by atoms with van der Waals surface area (Å²) in [5.41, 5.74) is 1.71. The lowest BCUT2D eigenvalue weighted by molar-refractivity contribution is 0.111. The molecule has 1 aliphatic rings. The van der Waals surface area contributed by atoms with Crippen molar-refractivity contribution in [1.29, 1.82) is 0 Å². The van der Waals surface area contributed by atoms with Crippen LogP contribution in [0.3, 0.4) is 0 Å². The summed E-state index contributed by atoms with van der Waals surface area (Å²) in [4.78, 5) is 0. The largest absolute Gasteiger partial charge is 0.378 e. The molecule has 1 aromatic rings. The molecule has 0 bridgehead atoms. The van der Waals surface area contributed by atoms with Crippen LogP contribution in [0.4, 0.5) is 5.13 Å². The molecule has 6 heteroatoms. The van der Waals surface area contributed by atoms with Crippen LogP contribution >= 0.6 is 11.3 Å². The summed E-state index contributed by atoms with van der Waals surface area (Å²) in [6.45, 7) is 1.81. The molecule has 1 aromatic heterocycles. The van der Waals surface area contributed by atoms with Crippen LogP contribution in [0.1, 0.15) is 0 Å². The molecule has 72 valence electrons. The van der Waals surface area contributed by atoms with E-state index in [2.05, 4.69) is 20.8 Å². The third-order valence-corrected chi connectivity index (χ3v) is 2.75. The molecule has 13 heavy (non-hydrogen) atoms. The fraction of sp³-hybridized carbons (Fsp3) is 0.714. The number of ether oxygens (including phenoxy) is 1. The maximum Gasteiger partial charge on any atom is 0.205 e. The Morgan fingerprint density at radius 2 is 2.62 bits per heavy atom. The summed E-state index contributed by atoms with van der Waals surface area (Å²) >= 11 is 1.51. The zero-order chi connectivity index (χ0) is 9.10. The monoisotopic (exact) mass is 200 g/mol. The van der Waals surface area contributed by atoms with Crippen molar-refractivity contribution in [3.63, 3.8) is 0 Å². The first-order valence-corrected chi connectivity index (χ1v) is 5.04. The van der Waals surface area contributed by atoms with Gasteiger partial charge in [0.05, 0.1) is 12.1 Å². The first-order chi connectivity index (χ1) is 6.40. The van der Waals surface area contributed by atoms with Gasteiger partial charge in [-0.2, -0.15) is 0 Å². The molecule has 2 N–H and O–H groups in total. The van der Waals surface area contributed by atoms with Crippen LogP contribution in [-0.2, 0) is 4.74 Å². The second-order valence-corrected chi connectivity index (χ2v) is 3.76. The van der Waals surface area contributed by atoms with E-state index in [1.807, 2.05) is 0 Å². The maximum absolute atomic E-state index is 5.30. The predicted octanol–water partition coefficient (Wildman–Crippen LogP) is -0.0632. The average Bonchev–Trinajstić information content (AvgIpc) is 2.76. The number of nitrogens with one attached hydrogen (secondary N) is 2. The Bertz CT molecular complexity index is 253. The highest BCUT2D eigenvalue weighted by atomic mass is 32.1. The van der Waals surface area contributed by atoms with E-state index in [1.165, 1.54) is 11.3 Å². The Morgan fingerprint density at radius 3 is 3.31 bits per heavy atom. The van der Waals surface area contributed by atoms with Crippen LogP contribution in [0.25, 0.3) is 0 Å². The zero-order valence-corrected chi connectivity index (χ0v) is 8.17. The van der Waals surface area contributed by atoms with Crippen molar-refractivity contribution >= 4 is 16.5 Å². The molecule has 1 saturated heterocycles. The van der Waals surface area contributed by atoms with Crippen molar-refractivity contribution in [2.75, 3.05) is 25.5 Å². The molecule has 2 heterocycles. The van der Waals surface area contributed by atoms with Crippen molar-refractivity contribution < 1.29 is 4.74 Å². The summed E-state index contributed by atoms with van der Waals surface area (Å²) in [5, 5.41) is 15.1. The van der Waals surface area contributed by atoms with Gasteiger partial charge < -0.3 is 15.4 Å². The Balaban J connectivity index is 1.94. The molecule has 1 aliphatic heterocycles. The van der Waals surface area contributed by atoms with Gasteiger partial charge in [0, 0.05) is 20.2 Å². The SMILES string of the molecule is CO[C@H]1CNCC1Nc1nncs1. The molecule has 2 rings (SSSR count). The first kappa shape index (κ1) is 8.86. The van der Waals surface area contributed by atoms with Gasteiger partial charge in [-0.15, -0.1) is 10.2 Å². The van der Waals surface area contributed by atoms with E-state index in [4.69, 9.17) is 4.74 Å². The number of hydrogen-bond acceptors (Lipinski definition) is 6. The number of anilines is 1. The fourth-order valence-electron chi connectivity index (χ4n) is 1.44. The smallest absolute Gasteiger partial charge is 0.205 e. The standard InChI is InChI=1S/C7H12N4OS/c1-12-6-3-8-2-5(6)10-7-11-9-4-13-7/h4-6,8H,2-3H2,1H3,(H,10,11)/t5?,6-/m0/s1. The Labute approximate surface area is 80.5 Å². The van der Waals surface area contributed by atoms with Gasteiger partial charge in [0.25, 0.3) is 0 Å². The average molecular weight is 200 g/mol. The molecule has 0 aromatic carbocycles. The summed E-state index contributed by atoms with van der Waals surface area (Å²) in [7, 11) is 1.73. The van der Waals surface area contributed by atoms with E-state index in [9.17, 15) is 0 Å².